The van der Waals surface area contributed by atoms with Gasteiger partial charge in [-0.3, -0.25) is 10.4 Å². The first-order valence-electron chi connectivity index (χ1n) is 6.70. The van der Waals surface area contributed by atoms with Crippen molar-refractivity contribution in [1.29, 1.82) is 5.41 Å². The van der Waals surface area contributed by atoms with Crippen molar-refractivity contribution in [2.45, 2.75) is 0 Å². The van der Waals surface area contributed by atoms with Crippen molar-refractivity contribution in [3.8, 4) is 11.1 Å². The average Bonchev–Trinajstić information content (AvgIpc) is 2.56. The van der Waals surface area contributed by atoms with Gasteiger partial charge in [0.25, 0.3) is 0 Å². The molecule has 0 fully saturated rings. The van der Waals surface area contributed by atoms with Gasteiger partial charge < -0.3 is 5.73 Å². The summed E-state index contributed by atoms with van der Waals surface area (Å²) in [5, 5.41) is 8.38. The van der Waals surface area contributed by atoms with Gasteiger partial charge in [0, 0.05) is 34.8 Å². The van der Waals surface area contributed by atoms with Gasteiger partial charge in [-0.25, -0.2) is 0 Å². The summed E-state index contributed by atoms with van der Waals surface area (Å²) in [6.07, 6.45) is 3.55. The van der Waals surface area contributed by atoms with Crippen molar-refractivity contribution in [2.75, 3.05) is 5.73 Å². The number of pyridine rings is 1. The predicted octanol–water partition coefficient (Wildman–Crippen LogP) is 3.75. The van der Waals surface area contributed by atoms with Gasteiger partial charge in [0.2, 0.25) is 0 Å². The fraction of sp³-hybridized carbons (Fsp3) is 0. The first-order valence-corrected chi connectivity index (χ1v) is 6.70. The van der Waals surface area contributed by atoms with E-state index in [1.807, 2.05) is 60.7 Å². The van der Waals surface area contributed by atoms with Crippen LogP contribution in [0.1, 0.15) is 11.1 Å². The molecular formula is C18H15N3. The van der Waals surface area contributed by atoms with Gasteiger partial charge >= 0.3 is 0 Å². The number of nitrogens with one attached hydrogen (secondary N) is 1. The smallest absolute Gasteiger partial charge is 0.0705 e. The lowest BCUT2D eigenvalue weighted by Gasteiger charge is -2.10. The summed E-state index contributed by atoms with van der Waals surface area (Å²) < 4.78 is 0. The number of aromatic nitrogens is 1. The summed E-state index contributed by atoms with van der Waals surface area (Å²) in [4.78, 5) is 4.13. The summed E-state index contributed by atoms with van der Waals surface area (Å²) in [6, 6.07) is 19.2. The Balaban J connectivity index is 2.05. The zero-order valence-corrected chi connectivity index (χ0v) is 11.5. The second kappa shape index (κ2) is 5.59. The number of rotatable bonds is 3. The minimum atomic E-state index is 0.429. The lowest BCUT2D eigenvalue weighted by molar-refractivity contribution is 1.33. The second-order valence-electron chi connectivity index (χ2n) is 4.78. The SMILES string of the molecule is N=C(c1ccccc1)c1cc(-c2cccnc2)ccc1N. The van der Waals surface area contributed by atoms with Crippen LogP contribution in [0.5, 0.6) is 0 Å². The first kappa shape index (κ1) is 13.1. The maximum Gasteiger partial charge on any atom is 0.0705 e. The highest BCUT2D eigenvalue weighted by molar-refractivity contribution is 6.14. The number of nitrogens with two attached hydrogens (primary N) is 1. The van der Waals surface area contributed by atoms with Gasteiger partial charge in [-0.1, -0.05) is 42.5 Å². The van der Waals surface area contributed by atoms with E-state index in [9.17, 15) is 0 Å². The number of hydrogen-bond donors (Lipinski definition) is 2. The third kappa shape index (κ3) is 2.67. The number of nitrogen functional groups attached to an aromatic ring is 1. The highest BCUT2D eigenvalue weighted by atomic mass is 14.6. The molecule has 0 radical (unpaired) electrons. The Kier molecular flexibility index (Phi) is 3.48. The van der Waals surface area contributed by atoms with Gasteiger partial charge in [0.15, 0.2) is 0 Å². The van der Waals surface area contributed by atoms with E-state index >= 15 is 0 Å². The summed E-state index contributed by atoms with van der Waals surface area (Å²) in [5.74, 6) is 0. The number of hydrogen-bond acceptors (Lipinski definition) is 3. The van der Waals surface area contributed by atoms with Crippen LogP contribution in [0.4, 0.5) is 5.69 Å². The molecule has 0 aliphatic rings. The molecule has 3 nitrogen and oxygen atoms in total. The Labute approximate surface area is 123 Å². The number of anilines is 1. The van der Waals surface area contributed by atoms with E-state index < -0.39 is 0 Å². The van der Waals surface area contributed by atoms with E-state index in [1.165, 1.54) is 0 Å². The van der Waals surface area contributed by atoms with Gasteiger partial charge in [-0.2, -0.15) is 0 Å². The summed E-state index contributed by atoms with van der Waals surface area (Å²) >= 11 is 0. The molecule has 0 saturated heterocycles. The number of nitrogens with zero attached hydrogens (tertiary/aromatic N) is 1. The molecule has 0 atom stereocenters. The van der Waals surface area contributed by atoms with Crippen molar-refractivity contribution < 1.29 is 0 Å². The van der Waals surface area contributed by atoms with Crippen molar-refractivity contribution >= 4 is 11.4 Å². The minimum Gasteiger partial charge on any atom is -0.398 e. The molecule has 0 aliphatic carbocycles. The fourth-order valence-electron chi connectivity index (χ4n) is 2.25. The van der Waals surface area contributed by atoms with E-state index in [2.05, 4.69) is 4.98 Å². The maximum atomic E-state index is 8.38. The fourth-order valence-corrected chi connectivity index (χ4v) is 2.25. The predicted molar refractivity (Wildman–Crippen MR) is 86.5 cm³/mol. The zero-order chi connectivity index (χ0) is 14.7. The van der Waals surface area contributed by atoms with E-state index in [-0.39, 0.29) is 0 Å². The highest BCUT2D eigenvalue weighted by Gasteiger charge is 2.10. The molecule has 0 saturated carbocycles. The molecule has 0 bridgehead atoms. The van der Waals surface area contributed by atoms with E-state index in [0.29, 0.717) is 11.4 Å². The van der Waals surface area contributed by atoms with Gasteiger partial charge in [-0.05, 0) is 23.8 Å². The summed E-state index contributed by atoms with van der Waals surface area (Å²) in [6.45, 7) is 0. The highest BCUT2D eigenvalue weighted by Crippen LogP contribution is 2.25. The summed E-state index contributed by atoms with van der Waals surface area (Å²) in [5.41, 5.74) is 10.7. The van der Waals surface area contributed by atoms with Gasteiger partial charge in [0.05, 0.1) is 5.71 Å². The van der Waals surface area contributed by atoms with Crippen LogP contribution >= 0.6 is 0 Å². The van der Waals surface area contributed by atoms with Crippen LogP contribution in [0, 0.1) is 5.41 Å². The van der Waals surface area contributed by atoms with Crippen molar-refractivity contribution in [3.63, 3.8) is 0 Å². The van der Waals surface area contributed by atoms with Crippen LogP contribution in [0.15, 0.2) is 73.1 Å². The Morgan fingerprint density at radius 2 is 1.71 bits per heavy atom. The molecule has 3 aromatic rings. The first-order chi connectivity index (χ1) is 10.3. The molecule has 21 heavy (non-hydrogen) atoms. The molecule has 0 aliphatic heterocycles. The molecule has 102 valence electrons. The minimum absolute atomic E-state index is 0.429. The van der Waals surface area contributed by atoms with E-state index in [1.54, 1.807) is 12.4 Å². The monoisotopic (exact) mass is 273 g/mol. The van der Waals surface area contributed by atoms with Crippen LogP contribution in [-0.2, 0) is 0 Å². The third-order valence-corrected chi connectivity index (χ3v) is 3.38. The molecule has 3 heteroatoms. The van der Waals surface area contributed by atoms with Crippen LogP contribution in [-0.4, -0.2) is 10.7 Å². The van der Waals surface area contributed by atoms with Crippen LogP contribution in [0.25, 0.3) is 11.1 Å². The molecule has 0 spiro atoms. The topological polar surface area (TPSA) is 62.8 Å². The molecule has 2 aromatic carbocycles. The van der Waals surface area contributed by atoms with E-state index in [0.717, 1.165) is 22.3 Å². The second-order valence-corrected chi connectivity index (χ2v) is 4.78. The van der Waals surface area contributed by atoms with E-state index in [4.69, 9.17) is 11.1 Å². The molecule has 1 heterocycles. The molecule has 0 amide bonds. The van der Waals surface area contributed by atoms with Gasteiger partial charge in [-0.15, -0.1) is 0 Å². The van der Waals surface area contributed by atoms with Crippen LogP contribution < -0.4 is 5.73 Å². The lowest BCUT2D eigenvalue weighted by Crippen LogP contribution is -2.05. The average molecular weight is 273 g/mol. The Morgan fingerprint density at radius 3 is 2.43 bits per heavy atom. The molecule has 3 N–H and O–H groups in total. The molecule has 0 unspecified atom stereocenters. The normalized spacial score (nSPS) is 10.3. The van der Waals surface area contributed by atoms with Crippen molar-refractivity contribution in [2.24, 2.45) is 0 Å². The Bertz CT molecular complexity index is 765. The molecular weight excluding hydrogens is 258 g/mol. The lowest BCUT2D eigenvalue weighted by atomic mass is 9.97. The maximum absolute atomic E-state index is 8.38. The van der Waals surface area contributed by atoms with Crippen LogP contribution in [0.3, 0.4) is 0 Å². The third-order valence-electron chi connectivity index (χ3n) is 3.38. The van der Waals surface area contributed by atoms with Gasteiger partial charge in [0.1, 0.15) is 0 Å². The molecule has 3 rings (SSSR count). The Morgan fingerprint density at radius 1 is 0.905 bits per heavy atom. The van der Waals surface area contributed by atoms with Crippen molar-refractivity contribution in [1.82, 2.24) is 4.98 Å². The largest absolute Gasteiger partial charge is 0.398 e. The number of benzene rings is 2. The zero-order valence-electron chi connectivity index (χ0n) is 11.5. The summed E-state index contributed by atoms with van der Waals surface area (Å²) in [7, 11) is 0. The van der Waals surface area contributed by atoms with Crippen molar-refractivity contribution in [3.05, 3.63) is 84.2 Å². The molecule has 1 aromatic heterocycles. The quantitative estimate of drug-likeness (QED) is 0.564. The standard InChI is InChI=1S/C18H15N3/c19-17-9-8-14(15-7-4-10-21-12-15)11-16(17)18(20)13-5-2-1-3-6-13/h1-12,20H,19H2. The van der Waals surface area contributed by atoms with Crippen LogP contribution in [0.2, 0.25) is 0 Å². The Hall–Kier alpha value is -2.94.